The third kappa shape index (κ3) is 5.22. The van der Waals surface area contributed by atoms with Gasteiger partial charge in [-0.1, -0.05) is 54.6 Å². The van der Waals surface area contributed by atoms with Crippen molar-refractivity contribution in [1.29, 1.82) is 0 Å². The number of carbonyl (C=O) groups excluding carboxylic acids is 1. The lowest BCUT2D eigenvalue weighted by molar-refractivity contribution is -0.124. The van der Waals surface area contributed by atoms with E-state index in [1.54, 1.807) is 11.6 Å². The molecule has 33 heavy (non-hydrogen) atoms. The van der Waals surface area contributed by atoms with Crippen molar-refractivity contribution in [2.75, 3.05) is 6.54 Å². The minimum absolute atomic E-state index is 0.0984. The summed E-state index contributed by atoms with van der Waals surface area (Å²) in [7, 11) is 0. The maximum Gasteiger partial charge on any atom is 0.267 e. The number of aromatic nitrogens is 2. The van der Waals surface area contributed by atoms with Gasteiger partial charge < -0.3 is 5.11 Å². The highest BCUT2D eigenvalue weighted by atomic mass is 16.5. The summed E-state index contributed by atoms with van der Waals surface area (Å²) in [6.45, 7) is 5.42. The van der Waals surface area contributed by atoms with Gasteiger partial charge in [0.05, 0.1) is 11.8 Å². The normalized spacial score (nSPS) is 19.8. The topological polar surface area (TPSA) is 101 Å². The van der Waals surface area contributed by atoms with Gasteiger partial charge in [0.2, 0.25) is 0 Å². The first-order chi connectivity index (χ1) is 16.0. The molecule has 2 heterocycles. The van der Waals surface area contributed by atoms with E-state index in [-0.39, 0.29) is 18.1 Å². The zero-order chi connectivity index (χ0) is 23.4. The molecule has 1 saturated heterocycles. The first kappa shape index (κ1) is 22.9. The second kappa shape index (κ2) is 10.1. The summed E-state index contributed by atoms with van der Waals surface area (Å²) >= 11 is 0. The smallest absolute Gasteiger partial charge is 0.267 e. The average molecular weight is 447 g/mol. The van der Waals surface area contributed by atoms with Crippen molar-refractivity contribution in [3.8, 4) is 0 Å². The van der Waals surface area contributed by atoms with Crippen LogP contribution in [0.3, 0.4) is 0 Å². The van der Waals surface area contributed by atoms with E-state index in [0.717, 1.165) is 22.5 Å². The van der Waals surface area contributed by atoms with E-state index in [2.05, 4.69) is 46.3 Å². The largest absolute Gasteiger partial charge is 0.392 e. The number of H-pyrrole nitrogens is 1. The van der Waals surface area contributed by atoms with Gasteiger partial charge in [-0.15, -0.1) is 0 Å². The summed E-state index contributed by atoms with van der Waals surface area (Å²) in [6.07, 6.45) is 3.24. The molecular weight excluding hydrogens is 416 g/mol. The number of carbonyl (C=O) groups is 1. The van der Waals surface area contributed by atoms with Crippen molar-refractivity contribution in [2.24, 2.45) is 0 Å². The fourth-order valence-corrected chi connectivity index (χ4v) is 4.87. The third-order valence-corrected chi connectivity index (χ3v) is 6.37. The standard InChI is InChI=1S/C26H30N4O3/c1-17-25(18(2)28-27-17)26(21-6-4-3-5-7-21)23-14-22(31)16-30(23)15-20-10-8-19(9-11-20)12-13-24(32)29-33/h3-13,22-23,26,31,33H,14-16H2,1-2H3,(H,27,28)(H,29,32)/b13-12+/t22-,23-,26?/m0/s1. The number of hydrogen-bond acceptors (Lipinski definition) is 5. The van der Waals surface area contributed by atoms with Gasteiger partial charge in [0.25, 0.3) is 5.91 Å². The number of benzene rings is 2. The zero-order valence-corrected chi connectivity index (χ0v) is 18.9. The molecule has 0 spiro atoms. The number of nitrogens with zero attached hydrogens (tertiary/aromatic N) is 2. The molecule has 4 rings (SSSR count). The number of aryl methyl sites for hydroxylation is 2. The van der Waals surface area contributed by atoms with Gasteiger partial charge in [0.1, 0.15) is 0 Å². The number of amides is 1. The second-order valence-electron chi connectivity index (χ2n) is 8.67. The summed E-state index contributed by atoms with van der Waals surface area (Å²) in [5.41, 5.74) is 8.06. The first-order valence-corrected chi connectivity index (χ1v) is 11.2. The predicted molar refractivity (Wildman–Crippen MR) is 127 cm³/mol. The van der Waals surface area contributed by atoms with Crippen LogP contribution in [-0.4, -0.2) is 50.0 Å². The molecule has 0 bridgehead atoms. The summed E-state index contributed by atoms with van der Waals surface area (Å²) in [5, 5.41) is 26.8. The minimum atomic E-state index is -0.565. The highest BCUT2D eigenvalue weighted by molar-refractivity contribution is 5.90. The van der Waals surface area contributed by atoms with Gasteiger partial charge in [-0.3, -0.25) is 20.0 Å². The Balaban J connectivity index is 1.61. The fraction of sp³-hybridized carbons (Fsp3) is 0.308. The van der Waals surface area contributed by atoms with E-state index >= 15 is 0 Å². The summed E-state index contributed by atoms with van der Waals surface area (Å²) in [4.78, 5) is 13.5. The second-order valence-corrected chi connectivity index (χ2v) is 8.67. The number of aromatic amines is 1. The molecule has 0 aliphatic carbocycles. The van der Waals surface area contributed by atoms with Crippen LogP contribution in [0, 0.1) is 13.8 Å². The highest BCUT2D eigenvalue weighted by Gasteiger charge is 2.39. The molecule has 1 amide bonds. The molecule has 1 aromatic heterocycles. The molecule has 1 aliphatic rings. The highest BCUT2D eigenvalue weighted by Crippen LogP contribution is 2.39. The number of likely N-dealkylation sites (tertiary alicyclic amines) is 1. The molecule has 0 saturated carbocycles. The van der Waals surface area contributed by atoms with Crippen molar-refractivity contribution in [3.05, 3.63) is 94.3 Å². The maximum atomic E-state index is 11.2. The molecule has 2 aromatic carbocycles. The van der Waals surface area contributed by atoms with E-state index in [4.69, 9.17) is 5.21 Å². The summed E-state index contributed by atoms with van der Waals surface area (Å²) < 4.78 is 0. The Labute approximate surface area is 193 Å². The van der Waals surface area contributed by atoms with E-state index < -0.39 is 5.91 Å². The monoisotopic (exact) mass is 446 g/mol. The number of β-amino-alcohol motifs (C(OH)–C–C–N with tert-alkyl or cyclic N) is 1. The Morgan fingerprint density at radius 1 is 1.21 bits per heavy atom. The van der Waals surface area contributed by atoms with Gasteiger partial charge in [-0.2, -0.15) is 5.10 Å². The number of aliphatic hydroxyl groups excluding tert-OH is 1. The molecule has 3 atom stereocenters. The summed E-state index contributed by atoms with van der Waals surface area (Å²) in [6, 6.07) is 18.5. The molecule has 1 fully saturated rings. The zero-order valence-electron chi connectivity index (χ0n) is 18.9. The summed E-state index contributed by atoms with van der Waals surface area (Å²) in [5.74, 6) is -0.467. The van der Waals surface area contributed by atoms with Crippen LogP contribution >= 0.6 is 0 Å². The van der Waals surface area contributed by atoms with Crippen molar-refractivity contribution in [1.82, 2.24) is 20.6 Å². The van der Waals surface area contributed by atoms with Crippen LogP contribution in [0.4, 0.5) is 0 Å². The molecule has 7 heteroatoms. The van der Waals surface area contributed by atoms with Crippen molar-refractivity contribution in [2.45, 2.75) is 44.9 Å². The van der Waals surface area contributed by atoms with E-state index in [9.17, 15) is 9.90 Å². The third-order valence-electron chi connectivity index (χ3n) is 6.37. The molecular formula is C26H30N4O3. The van der Waals surface area contributed by atoms with Crippen LogP contribution < -0.4 is 5.48 Å². The van der Waals surface area contributed by atoms with Crippen molar-refractivity contribution in [3.63, 3.8) is 0 Å². The fourth-order valence-electron chi connectivity index (χ4n) is 4.87. The molecule has 0 radical (unpaired) electrons. The van der Waals surface area contributed by atoms with Gasteiger partial charge in [-0.05, 0) is 43.0 Å². The van der Waals surface area contributed by atoms with Crippen molar-refractivity contribution < 1.29 is 15.1 Å². The van der Waals surface area contributed by atoms with E-state index in [1.165, 1.54) is 17.2 Å². The first-order valence-electron chi connectivity index (χ1n) is 11.2. The molecule has 7 nitrogen and oxygen atoms in total. The quantitative estimate of drug-likeness (QED) is 0.253. The number of rotatable bonds is 7. The Morgan fingerprint density at radius 3 is 2.58 bits per heavy atom. The van der Waals surface area contributed by atoms with E-state index in [0.29, 0.717) is 19.5 Å². The maximum absolute atomic E-state index is 11.2. The number of hydroxylamine groups is 1. The predicted octanol–water partition coefficient (Wildman–Crippen LogP) is 3.31. The number of aliphatic hydroxyl groups is 1. The van der Waals surface area contributed by atoms with Crippen molar-refractivity contribution >= 4 is 12.0 Å². The number of nitrogens with one attached hydrogen (secondary N) is 2. The van der Waals surface area contributed by atoms with Gasteiger partial charge in [-0.25, -0.2) is 5.48 Å². The van der Waals surface area contributed by atoms with Crippen LogP contribution in [0.2, 0.25) is 0 Å². The van der Waals surface area contributed by atoms with Gasteiger partial charge in [0.15, 0.2) is 0 Å². The molecule has 3 aromatic rings. The minimum Gasteiger partial charge on any atom is -0.392 e. The molecule has 1 unspecified atom stereocenters. The van der Waals surface area contributed by atoms with Crippen LogP contribution in [0.5, 0.6) is 0 Å². The molecule has 4 N–H and O–H groups in total. The molecule has 1 aliphatic heterocycles. The Bertz CT molecular complexity index is 1090. The van der Waals surface area contributed by atoms with Gasteiger partial charge >= 0.3 is 0 Å². The van der Waals surface area contributed by atoms with E-state index in [1.807, 2.05) is 37.3 Å². The van der Waals surface area contributed by atoms with Crippen LogP contribution in [0.1, 0.15) is 46.0 Å². The lowest BCUT2D eigenvalue weighted by atomic mass is 9.82. The lowest BCUT2D eigenvalue weighted by Gasteiger charge is -2.32. The van der Waals surface area contributed by atoms with Crippen LogP contribution in [-0.2, 0) is 11.3 Å². The van der Waals surface area contributed by atoms with Crippen LogP contribution in [0.25, 0.3) is 6.08 Å². The lowest BCUT2D eigenvalue weighted by Crippen LogP contribution is -2.35. The Morgan fingerprint density at radius 2 is 1.94 bits per heavy atom. The number of hydrogen-bond donors (Lipinski definition) is 4. The SMILES string of the molecule is Cc1n[nH]c(C)c1C(c1ccccc1)[C@@H]1C[C@H](O)CN1Cc1ccc(/C=C/C(=O)NO)cc1. The average Bonchev–Trinajstić information content (AvgIpc) is 3.35. The Kier molecular flexibility index (Phi) is 7.03. The Hall–Kier alpha value is -3.26. The van der Waals surface area contributed by atoms with Crippen LogP contribution in [0.15, 0.2) is 60.7 Å². The molecule has 172 valence electrons. The van der Waals surface area contributed by atoms with Gasteiger partial charge in [0, 0.05) is 42.4 Å².